The highest BCUT2D eigenvalue weighted by atomic mass is 35.5. The van der Waals surface area contributed by atoms with Crippen molar-refractivity contribution in [1.29, 1.82) is 0 Å². The second-order valence-electron chi connectivity index (χ2n) is 6.30. The maximum atomic E-state index is 13.0. The molecule has 0 amide bonds. The van der Waals surface area contributed by atoms with Gasteiger partial charge in [-0.25, -0.2) is 16.8 Å². The largest absolute Gasteiger partial charge is 0.497 e. The van der Waals surface area contributed by atoms with E-state index in [1.165, 1.54) is 31.4 Å². The molecule has 0 aliphatic carbocycles. The average molecular weight is 470 g/mol. The van der Waals surface area contributed by atoms with Crippen LogP contribution in [-0.2, 0) is 26.0 Å². The normalized spacial score (nSPS) is 16.4. The Bertz CT molecular complexity index is 1130. The smallest absolute Gasteiger partial charge is 0.417 e. The van der Waals surface area contributed by atoms with E-state index < -0.39 is 46.8 Å². The van der Waals surface area contributed by atoms with Gasteiger partial charge in [0.2, 0.25) is 10.0 Å². The second-order valence-corrected chi connectivity index (χ2v) is 10.9. The van der Waals surface area contributed by atoms with Crippen molar-refractivity contribution in [1.82, 2.24) is 4.31 Å². The summed E-state index contributed by atoms with van der Waals surface area (Å²) in [4.78, 5) is -0.597. The van der Waals surface area contributed by atoms with Crippen LogP contribution in [0.2, 0.25) is 5.02 Å². The number of benzene rings is 2. The zero-order valence-corrected chi connectivity index (χ0v) is 17.2. The molecule has 0 spiro atoms. The second kappa shape index (κ2) is 7.46. The van der Waals surface area contributed by atoms with Gasteiger partial charge in [-0.05, 0) is 42.5 Å². The number of alkyl halides is 3. The first-order valence-corrected chi connectivity index (χ1v) is 11.5. The van der Waals surface area contributed by atoms with Gasteiger partial charge in [0, 0.05) is 13.1 Å². The zero-order chi connectivity index (χ0) is 21.6. The van der Waals surface area contributed by atoms with E-state index in [1.54, 1.807) is 0 Å². The predicted molar refractivity (Wildman–Crippen MR) is 99.2 cm³/mol. The number of hydrogen-bond acceptors (Lipinski definition) is 5. The van der Waals surface area contributed by atoms with Crippen LogP contribution in [0.4, 0.5) is 13.2 Å². The van der Waals surface area contributed by atoms with Gasteiger partial charge < -0.3 is 4.74 Å². The maximum absolute atomic E-state index is 13.0. The van der Waals surface area contributed by atoms with Crippen LogP contribution in [0, 0.1) is 0 Å². The molecular formula is C17H15ClF3NO5S2. The Labute approximate surface area is 170 Å². The maximum Gasteiger partial charge on any atom is 0.417 e. The topological polar surface area (TPSA) is 80.8 Å². The summed E-state index contributed by atoms with van der Waals surface area (Å²) >= 11 is 5.51. The summed E-state index contributed by atoms with van der Waals surface area (Å²) in [6, 6.07) is 7.88. The third-order valence-corrected chi connectivity index (χ3v) is 8.78. The van der Waals surface area contributed by atoms with Crippen molar-refractivity contribution < 1.29 is 34.7 Å². The Balaban J connectivity index is 1.81. The number of hydrogen-bond donors (Lipinski definition) is 0. The van der Waals surface area contributed by atoms with Crippen molar-refractivity contribution in [3.63, 3.8) is 0 Å². The van der Waals surface area contributed by atoms with Crippen LogP contribution in [0.1, 0.15) is 5.56 Å². The third-order valence-electron chi connectivity index (χ3n) is 4.52. The fraction of sp³-hybridized carbons (Fsp3) is 0.294. The number of methoxy groups -OCH3 is 1. The molecule has 2 aromatic carbocycles. The third kappa shape index (κ3) is 4.09. The molecule has 1 saturated heterocycles. The molecule has 0 N–H and O–H groups in total. The Hall–Kier alpha value is -1.82. The molecule has 29 heavy (non-hydrogen) atoms. The first kappa shape index (κ1) is 21.9. The van der Waals surface area contributed by atoms with Gasteiger partial charge in [0.15, 0.2) is 9.84 Å². The molecule has 1 aliphatic heterocycles. The summed E-state index contributed by atoms with van der Waals surface area (Å²) in [5, 5.41) is -1.62. The fourth-order valence-corrected chi connectivity index (χ4v) is 6.41. The van der Waals surface area contributed by atoms with Crippen LogP contribution in [0.5, 0.6) is 5.75 Å². The van der Waals surface area contributed by atoms with Crippen LogP contribution in [0.15, 0.2) is 52.3 Å². The zero-order valence-electron chi connectivity index (χ0n) is 14.8. The highest BCUT2D eigenvalue weighted by molar-refractivity contribution is 7.92. The van der Waals surface area contributed by atoms with Crippen LogP contribution in [0.3, 0.4) is 0 Å². The molecule has 3 rings (SSSR count). The van der Waals surface area contributed by atoms with E-state index in [0.717, 1.165) is 16.4 Å². The lowest BCUT2D eigenvalue weighted by Crippen LogP contribution is -2.56. The molecule has 0 bridgehead atoms. The molecule has 1 aliphatic rings. The highest BCUT2D eigenvalue weighted by Gasteiger charge is 2.45. The van der Waals surface area contributed by atoms with E-state index in [9.17, 15) is 30.0 Å². The van der Waals surface area contributed by atoms with E-state index >= 15 is 0 Å². The number of rotatable bonds is 5. The minimum Gasteiger partial charge on any atom is -0.497 e. The van der Waals surface area contributed by atoms with Gasteiger partial charge in [0.25, 0.3) is 0 Å². The SMILES string of the molecule is COc1ccc(S(=O)(=O)C2CN(S(=O)(=O)c3ccc(Cl)c(C(F)(F)F)c3)C2)cc1. The molecule has 1 fully saturated rings. The summed E-state index contributed by atoms with van der Waals surface area (Å²) in [5.41, 5.74) is -1.27. The van der Waals surface area contributed by atoms with Crippen molar-refractivity contribution in [3.8, 4) is 5.75 Å². The summed E-state index contributed by atoms with van der Waals surface area (Å²) in [7, 11) is -6.67. The van der Waals surface area contributed by atoms with Gasteiger partial charge in [0.05, 0.1) is 32.7 Å². The summed E-state index contributed by atoms with van der Waals surface area (Å²) in [6.45, 7) is -0.721. The summed E-state index contributed by atoms with van der Waals surface area (Å²) in [6.07, 6.45) is -4.82. The lowest BCUT2D eigenvalue weighted by Gasteiger charge is -2.37. The van der Waals surface area contributed by atoms with E-state index in [0.29, 0.717) is 11.8 Å². The Morgan fingerprint density at radius 3 is 2.07 bits per heavy atom. The fourth-order valence-electron chi connectivity index (χ4n) is 2.78. The quantitative estimate of drug-likeness (QED) is 0.671. The first-order chi connectivity index (χ1) is 13.4. The highest BCUT2D eigenvalue weighted by Crippen LogP contribution is 2.37. The monoisotopic (exact) mass is 469 g/mol. The number of halogens is 4. The van der Waals surface area contributed by atoms with Gasteiger partial charge in [-0.15, -0.1) is 0 Å². The Morgan fingerprint density at radius 2 is 1.55 bits per heavy atom. The van der Waals surface area contributed by atoms with Gasteiger partial charge in [-0.2, -0.15) is 17.5 Å². The summed E-state index contributed by atoms with van der Waals surface area (Å²) in [5.74, 6) is 0.463. The molecule has 0 unspecified atom stereocenters. The molecule has 0 radical (unpaired) electrons. The van der Waals surface area contributed by atoms with Crippen molar-refractivity contribution in [2.45, 2.75) is 21.2 Å². The van der Waals surface area contributed by atoms with Crippen LogP contribution < -0.4 is 4.74 Å². The minimum absolute atomic E-state index is 0.00574. The van der Waals surface area contributed by atoms with E-state index in [1.807, 2.05) is 0 Å². The lowest BCUT2D eigenvalue weighted by molar-refractivity contribution is -0.137. The van der Waals surface area contributed by atoms with Crippen molar-refractivity contribution in [2.24, 2.45) is 0 Å². The van der Waals surface area contributed by atoms with Gasteiger partial charge in [-0.1, -0.05) is 11.6 Å². The predicted octanol–water partition coefficient (Wildman–Crippen LogP) is 3.21. The number of nitrogens with zero attached hydrogens (tertiary/aromatic N) is 1. The van der Waals surface area contributed by atoms with Gasteiger partial charge in [0.1, 0.15) is 5.75 Å². The van der Waals surface area contributed by atoms with Crippen molar-refractivity contribution in [2.75, 3.05) is 20.2 Å². The van der Waals surface area contributed by atoms with Crippen LogP contribution in [0.25, 0.3) is 0 Å². The number of ether oxygens (including phenoxy) is 1. The van der Waals surface area contributed by atoms with E-state index in [-0.39, 0.29) is 18.0 Å². The molecule has 0 aromatic heterocycles. The lowest BCUT2D eigenvalue weighted by atomic mass is 10.2. The first-order valence-electron chi connectivity index (χ1n) is 8.12. The molecule has 12 heteroatoms. The summed E-state index contributed by atoms with van der Waals surface area (Å²) < 4.78 is 95.2. The molecular weight excluding hydrogens is 455 g/mol. The van der Waals surface area contributed by atoms with E-state index in [2.05, 4.69) is 0 Å². The van der Waals surface area contributed by atoms with Crippen LogP contribution in [-0.4, -0.2) is 46.6 Å². The van der Waals surface area contributed by atoms with Gasteiger partial charge in [-0.3, -0.25) is 0 Å². The minimum atomic E-state index is -4.82. The number of sulfone groups is 1. The van der Waals surface area contributed by atoms with Crippen LogP contribution >= 0.6 is 11.6 Å². The Kier molecular flexibility index (Phi) is 5.63. The van der Waals surface area contributed by atoms with Gasteiger partial charge >= 0.3 is 6.18 Å². The molecule has 1 heterocycles. The van der Waals surface area contributed by atoms with Crippen molar-refractivity contribution >= 4 is 31.5 Å². The molecule has 0 atom stereocenters. The molecule has 0 saturated carbocycles. The standard InChI is InChI=1S/C17H15ClF3NO5S2/c1-27-11-2-4-12(5-3-11)28(23,24)14-9-22(10-14)29(25,26)13-6-7-16(18)15(8-13)17(19,20)21/h2-8,14H,9-10H2,1H3. The average Bonchev–Trinajstić information content (AvgIpc) is 2.59. The molecule has 2 aromatic rings. The Morgan fingerprint density at radius 1 is 1.00 bits per heavy atom. The van der Waals surface area contributed by atoms with Crippen molar-refractivity contribution in [3.05, 3.63) is 53.1 Å². The molecule has 158 valence electrons. The van der Waals surface area contributed by atoms with E-state index in [4.69, 9.17) is 16.3 Å². The molecule has 6 nitrogen and oxygen atoms in total. The number of sulfonamides is 1.